The van der Waals surface area contributed by atoms with Gasteiger partial charge >= 0.3 is 0 Å². The van der Waals surface area contributed by atoms with E-state index < -0.39 is 0 Å². The van der Waals surface area contributed by atoms with Gasteiger partial charge in [0.2, 0.25) is 0 Å². The average molecular weight is 210 g/mol. The van der Waals surface area contributed by atoms with Crippen LogP contribution >= 0.6 is 23.5 Å². The van der Waals surface area contributed by atoms with Crippen LogP contribution in [0.25, 0.3) is 5.57 Å². The Kier molecular flexibility index (Phi) is 4.46. The summed E-state index contributed by atoms with van der Waals surface area (Å²) < 4.78 is 1.39. The first-order valence-electron chi connectivity index (χ1n) is 4.14. The third-order valence-electron chi connectivity index (χ3n) is 1.88. The van der Waals surface area contributed by atoms with Gasteiger partial charge in [0.15, 0.2) is 0 Å². The molecular weight excluding hydrogens is 196 g/mol. The first-order valence-corrected chi connectivity index (χ1v) is 6.58. The highest BCUT2D eigenvalue weighted by atomic mass is 32.2. The zero-order valence-electron chi connectivity index (χ0n) is 8.20. The number of hydrogen-bond donors (Lipinski definition) is 0. The van der Waals surface area contributed by atoms with Crippen molar-refractivity contribution in [1.82, 2.24) is 0 Å². The number of allylic oxidation sites excluding steroid dienone is 1. The highest BCUT2D eigenvalue weighted by molar-refractivity contribution is 8.21. The van der Waals surface area contributed by atoms with Crippen LogP contribution in [0, 0.1) is 0 Å². The second-order valence-corrected chi connectivity index (χ2v) is 4.58. The molecule has 0 saturated carbocycles. The van der Waals surface area contributed by atoms with Crippen molar-refractivity contribution in [3.8, 4) is 0 Å². The molecule has 1 aromatic carbocycles. The molecule has 0 nitrogen and oxygen atoms in total. The topological polar surface area (TPSA) is 0 Å². The van der Waals surface area contributed by atoms with Crippen molar-refractivity contribution in [1.29, 1.82) is 0 Å². The zero-order chi connectivity index (χ0) is 9.68. The first kappa shape index (κ1) is 10.7. The molecule has 0 bridgehead atoms. The number of rotatable bonds is 3. The Balaban J connectivity index is 3.01. The van der Waals surface area contributed by atoms with Gasteiger partial charge in [0.05, 0.1) is 0 Å². The molecular formula is C11H14S2. The molecule has 0 heterocycles. The van der Waals surface area contributed by atoms with Gasteiger partial charge in [-0.1, -0.05) is 30.3 Å². The SMILES string of the molecule is CSC(SC)=C(C)c1ccccc1. The third kappa shape index (κ3) is 2.82. The summed E-state index contributed by atoms with van der Waals surface area (Å²) in [7, 11) is 0. The van der Waals surface area contributed by atoms with Gasteiger partial charge in [-0.25, -0.2) is 0 Å². The second-order valence-electron chi connectivity index (χ2n) is 2.69. The van der Waals surface area contributed by atoms with Crippen LogP contribution in [0.15, 0.2) is 34.6 Å². The van der Waals surface area contributed by atoms with Crippen LogP contribution in [0.2, 0.25) is 0 Å². The molecule has 0 aliphatic heterocycles. The summed E-state index contributed by atoms with van der Waals surface area (Å²) >= 11 is 3.63. The van der Waals surface area contributed by atoms with Crippen LogP contribution in [0.1, 0.15) is 12.5 Å². The van der Waals surface area contributed by atoms with Crippen molar-refractivity contribution >= 4 is 29.1 Å². The van der Waals surface area contributed by atoms with Crippen molar-refractivity contribution in [2.24, 2.45) is 0 Å². The Bertz CT molecular complexity index is 282. The Morgan fingerprint density at radius 2 is 1.54 bits per heavy atom. The first-order chi connectivity index (χ1) is 6.29. The van der Waals surface area contributed by atoms with Crippen LogP contribution < -0.4 is 0 Å². The largest absolute Gasteiger partial charge is 0.122 e. The minimum absolute atomic E-state index is 1.32. The zero-order valence-corrected chi connectivity index (χ0v) is 9.84. The van der Waals surface area contributed by atoms with Gasteiger partial charge in [-0.2, -0.15) is 0 Å². The molecule has 1 aromatic rings. The fourth-order valence-electron chi connectivity index (χ4n) is 1.20. The summed E-state index contributed by atoms with van der Waals surface area (Å²) in [5.41, 5.74) is 2.70. The van der Waals surface area contributed by atoms with Gasteiger partial charge in [-0.3, -0.25) is 0 Å². The molecule has 0 amide bonds. The summed E-state index contributed by atoms with van der Waals surface area (Å²) in [6.07, 6.45) is 4.25. The quantitative estimate of drug-likeness (QED) is 0.736. The fourth-order valence-corrected chi connectivity index (χ4v) is 2.71. The van der Waals surface area contributed by atoms with Crippen molar-refractivity contribution < 1.29 is 0 Å². The normalized spacial score (nSPS) is 9.77. The maximum Gasteiger partial charge on any atom is 0.0430 e. The highest BCUT2D eigenvalue weighted by Gasteiger charge is 2.01. The van der Waals surface area contributed by atoms with Crippen molar-refractivity contribution in [3.63, 3.8) is 0 Å². The molecule has 0 spiro atoms. The van der Waals surface area contributed by atoms with Crippen LogP contribution in [0.4, 0.5) is 0 Å². The molecule has 0 fully saturated rings. The molecule has 1 rings (SSSR count). The van der Waals surface area contributed by atoms with Crippen LogP contribution in [-0.2, 0) is 0 Å². The summed E-state index contributed by atoms with van der Waals surface area (Å²) in [4.78, 5) is 0. The molecule has 70 valence electrons. The van der Waals surface area contributed by atoms with Gasteiger partial charge in [-0.05, 0) is 30.6 Å². The van der Waals surface area contributed by atoms with E-state index in [0.29, 0.717) is 0 Å². The van der Waals surface area contributed by atoms with Gasteiger partial charge in [0, 0.05) is 4.24 Å². The lowest BCUT2D eigenvalue weighted by atomic mass is 10.1. The van der Waals surface area contributed by atoms with E-state index in [0.717, 1.165) is 0 Å². The molecule has 0 aliphatic rings. The molecule has 0 unspecified atom stereocenters. The van der Waals surface area contributed by atoms with Crippen LogP contribution in [0.5, 0.6) is 0 Å². The molecule has 2 heteroatoms. The minimum atomic E-state index is 1.32. The van der Waals surface area contributed by atoms with Gasteiger partial charge in [-0.15, -0.1) is 23.5 Å². The molecule has 0 radical (unpaired) electrons. The molecule has 0 atom stereocenters. The lowest BCUT2D eigenvalue weighted by Crippen LogP contribution is -1.80. The Labute approximate surface area is 88.8 Å². The van der Waals surface area contributed by atoms with Crippen molar-refractivity contribution in [3.05, 3.63) is 40.1 Å². The van der Waals surface area contributed by atoms with Gasteiger partial charge in [0.1, 0.15) is 0 Å². The highest BCUT2D eigenvalue weighted by Crippen LogP contribution is 2.32. The number of benzene rings is 1. The van der Waals surface area contributed by atoms with E-state index in [2.05, 4.69) is 49.8 Å². The lowest BCUT2D eigenvalue weighted by Gasteiger charge is -2.06. The molecule has 0 N–H and O–H groups in total. The Hall–Kier alpha value is -0.340. The summed E-state index contributed by atoms with van der Waals surface area (Å²) in [6, 6.07) is 10.5. The molecule has 0 aromatic heterocycles. The maximum absolute atomic E-state index is 2.18. The standard InChI is InChI=1S/C11H14S2/c1-9(11(12-2)13-3)10-7-5-4-6-8-10/h4-8H,1-3H3. The molecule has 0 aliphatic carbocycles. The smallest absolute Gasteiger partial charge is 0.0430 e. The predicted molar refractivity (Wildman–Crippen MR) is 66.1 cm³/mol. The fraction of sp³-hybridized carbons (Fsp3) is 0.273. The van der Waals surface area contributed by atoms with Crippen LogP contribution in [-0.4, -0.2) is 12.5 Å². The monoisotopic (exact) mass is 210 g/mol. The number of hydrogen-bond acceptors (Lipinski definition) is 2. The molecule has 13 heavy (non-hydrogen) atoms. The second kappa shape index (κ2) is 5.40. The summed E-state index contributed by atoms with van der Waals surface area (Å²) in [6.45, 7) is 2.18. The van der Waals surface area contributed by atoms with Gasteiger partial charge < -0.3 is 0 Å². The third-order valence-corrected chi connectivity index (χ3v) is 4.24. The van der Waals surface area contributed by atoms with Crippen molar-refractivity contribution in [2.75, 3.05) is 12.5 Å². The maximum atomic E-state index is 2.18. The lowest BCUT2D eigenvalue weighted by molar-refractivity contribution is 1.58. The van der Waals surface area contributed by atoms with E-state index in [1.807, 2.05) is 23.5 Å². The van der Waals surface area contributed by atoms with E-state index in [-0.39, 0.29) is 0 Å². The minimum Gasteiger partial charge on any atom is -0.122 e. The predicted octanol–water partition coefficient (Wildman–Crippen LogP) is 4.10. The summed E-state index contributed by atoms with van der Waals surface area (Å²) in [5.74, 6) is 0. The van der Waals surface area contributed by atoms with E-state index in [9.17, 15) is 0 Å². The van der Waals surface area contributed by atoms with E-state index in [4.69, 9.17) is 0 Å². The van der Waals surface area contributed by atoms with E-state index in [1.54, 1.807) is 0 Å². The van der Waals surface area contributed by atoms with Crippen LogP contribution in [0.3, 0.4) is 0 Å². The van der Waals surface area contributed by atoms with Gasteiger partial charge in [0.25, 0.3) is 0 Å². The summed E-state index contributed by atoms with van der Waals surface area (Å²) in [5, 5.41) is 0. The average Bonchev–Trinajstić information content (AvgIpc) is 2.21. The Morgan fingerprint density at radius 1 is 1.00 bits per heavy atom. The number of thioether (sulfide) groups is 2. The Morgan fingerprint density at radius 3 is 2.00 bits per heavy atom. The van der Waals surface area contributed by atoms with E-state index >= 15 is 0 Å². The van der Waals surface area contributed by atoms with Crippen molar-refractivity contribution in [2.45, 2.75) is 6.92 Å². The molecule has 0 saturated heterocycles. The van der Waals surface area contributed by atoms with E-state index in [1.165, 1.54) is 15.4 Å².